The van der Waals surface area contributed by atoms with Crippen LogP contribution in [0, 0.1) is 34.5 Å². The van der Waals surface area contributed by atoms with E-state index in [2.05, 4.69) is 20.8 Å². The third-order valence-electron chi connectivity index (χ3n) is 9.91. The molecule has 4 saturated carbocycles. The van der Waals surface area contributed by atoms with Gasteiger partial charge in [-0.15, -0.1) is 0 Å². The number of fused-ring (bicyclic) bond motifs is 4. The van der Waals surface area contributed by atoms with Gasteiger partial charge in [-0.2, -0.15) is 0 Å². The summed E-state index contributed by atoms with van der Waals surface area (Å²) in [6.07, 6.45) is 9.81. The van der Waals surface area contributed by atoms with Gasteiger partial charge in [0.05, 0.1) is 18.8 Å². The lowest BCUT2D eigenvalue weighted by atomic mass is 9.52. The summed E-state index contributed by atoms with van der Waals surface area (Å²) in [5.41, 5.74) is 2.57. The molecule has 6 rings (SSSR count). The molecule has 0 amide bonds. The molecule has 0 bridgehead atoms. The van der Waals surface area contributed by atoms with Crippen LogP contribution in [0.1, 0.15) is 85.0 Å². The summed E-state index contributed by atoms with van der Waals surface area (Å²) in [5.74, 6) is 1.79. The average Bonchev–Trinajstić information content (AvgIpc) is 3.39. The van der Waals surface area contributed by atoms with Gasteiger partial charge in [0, 0.05) is 36.0 Å². The van der Waals surface area contributed by atoms with Crippen molar-refractivity contribution in [3.8, 4) is 0 Å². The van der Waals surface area contributed by atoms with E-state index in [1.165, 1.54) is 12.8 Å². The number of rotatable bonds is 1. The predicted octanol–water partition coefficient (Wildman–Crippen LogP) is 4.79. The van der Waals surface area contributed by atoms with Gasteiger partial charge in [0.1, 0.15) is 5.78 Å². The Kier molecular flexibility index (Phi) is 4.12. The van der Waals surface area contributed by atoms with E-state index < -0.39 is 11.4 Å². The van der Waals surface area contributed by atoms with Gasteiger partial charge in [0.25, 0.3) is 0 Å². The summed E-state index contributed by atoms with van der Waals surface area (Å²) in [5, 5.41) is 11.3. The van der Waals surface area contributed by atoms with E-state index in [0.29, 0.717) is 23.5 Å². The second kappa shape index (κ2) is 6.20. The van der Waals surface area contributed by atoms with Crippen LogP contribution in [0.2, 0.25) is 0 Å². The summed E-state index contributed by atoms with van der Waals surface area (Å²) >= 11 is 0. The molecule has 0 aromatic heterocycles. The van der Waals surface area contributed by atoms with Crippen LogP contribution < -0.4 is 0 Å². The van der Waals surface area contributed by atoms with Crippen molar-refractivity contribution in [2.24, 2.45) is 34.5 Å². The summed E-state index contributed by atoms with van der Waals surface area (Å²) in [4.78, 5) is 12.9. The van der Waals surface area contributed by atoms with Crippen molar-refractivity contribution in [2.75, 3.05) is 13.2 Å². The predicted molar refractivity (Wildman–Crippen MR) is 114 cm³/mol. The zero-order valence-electron chi connectivity index (χ0n) is 19.0. The van der Waals surface area contributed by atoms with E-state index in [1.807, 2.05) is 0 Å². The van der Waals surface area contributed by atoms with Crippen molar-refractivity contribution in [1.82, 2.24) is 0 Å². The SMILES string of the molecule is CC1(C)COC2(CCC3=C4[C@@H](CCC3C2)[C@@H]2CCC(=O)[C@@]2(C)C[C@@H]4C2(O)CC2)OC1. The molecular weight excluding hydrogens is 376 g/mol. The van der Waals surface area contributed by atoms with E-state index >= 15 is 0 Å². The molecule has 0 aromatic rings. The number of ketones is 1. The van der Waals surface area contributed by atoms with Crippen LogP contribution in [0.25, 0.3) is 0 Å². The highest BCUT2D eigenvalue weighted by Gasteiger charge is 2.63. The Morgan fingerprint density at radius 1 is 0.933 bits per heavy atom. The monoisotopic (exact) mass is 414 g/mol. The minimum Gasteiger partial charge on any atom is -0.389 e. The van der Waals surface area contributed by atoms with Gasteiger partial charge >= 0.3 is 0 Å². The second-order valence-electron chi connectivity index (χ2n) is 12.6. The van der Waals surface area contributed by atoms with Crippen molar-refractivity contribution in [3.05, 3.63) is 11.1 Å². The molecular formula is C26H38O4. The highest BCUT2D eigenvalue weighted by Crippen LogP contribution is 2.66. The van der Waals surface area contributed by atoms with Gasteiger partial charge < -0.3 is 14.6 Å². The molecule has 1 saturated heterocycles. The molecule has 1 unspecified atom stereocenters. The maximum atomic E-state index is 12.9. The first-order valence-electron chi connectivity index (χ1n) is 12.4. The number of Topliss-reactive ketones (excluding diaryl/α,β-unsaturated/α-hetero) is 1. The van der Waals surface area contributed by atoms with Crippen molar-refractivity contribution < 1.29 is 19.4 Å². The summed E-state index contributed by atoms with van der Waals surface area (Å²) in [6, 6.07) is 0. The minimum absolute atomic E-state index is 0.102. The first-order chi connectivity index (χ1) is 14.1. The highest BCUT2D eigenvalue weighted by molar-refractivity contribution is 5.87. The smallest absolute Gasteiger partial charge is 0.169 e. The molecule has 0 radical (unpaired) electrons. The maximum Gasteiger partial charge on any atom is 0.169 e. The van der Waals surface area contributed by atoms with Crippen LogP contribution in [0.4, 0.5) is 0 Å². The van der Waals surface area contributed by atoms with Gasteiger partial charge in [0.2, 0.25) is 0 Å². The van der Waals surface area contributed by atoms with Gasteiger partial charge in [-0.05, 0) is 62.7 Å². The fraction of sp³-hybridized carbons (Fsp3) is 0.885. The fourth-order valence-electron chi connectivity index (χ4n) is 7.96. The number of hydrogen-bond donors (Lipinski definition) is 1. The van der Waals surface area contributed by atoms with Crippen molar-refractivity contribution >= 4 is 5.78 Å². The van der Waals surface area contributed by atoms with Gasteiger partial charge in [-0.3, -0.25) is 4.79 Å². The molecule has 1 aliphatic heterocycles. The molecule has 30 heavy (non-hydrogen) atoms. The molecule has 1 heterocycles. The number of carbonyl (C=O) groups excluding carboxylic acids is 1. The Labute approximate surface area is 180 Å². The quantitative estimate of drug-likeness (QED) is 0.627. The van der Waals surface area contributed by atoms with Crippen molar-refractivity contribution in [3.63, 3.8) is 0 Å². The molecule has 166 valence electrons. The molecule has 5 fully saturated rings. The summed E-state index contributed by atoms with van der Waals surface area (Å²) in [7, 11) is 0. The lowest BCUT2D eigenvalue weighted by Crippen LogP contribution is -2.53. The Balaban J connectivity index is 1.35. The zero-order chi connectivity index (χ0) is 20.9. The lowest BCUT2D eigenvalue weighted by Gasteiger charge is -2.55. The molecule has 4 heteroatoms. The molecule has 5 atom stereocenters. The summed E-state index contributed by atoms with van der Waals surface area (Å²) in [6.45, 7) is 8.20. The fourth-order valence-corrected chi connectivity index (χ4v) is 7.96. The van der Waals surface area contributed by atoms with Gasteiger partial charge in [-0.25, -0.2) is 0 Å². The Morgan fingerprint density at radius 3 is 2.37 bits per heavy atom. The van der Waals surface area contributed by atoms with Crippen molar-refractivity contribution in [1.29, 1.82) is 0 Å². The van der Waals surface area contributed by atoms with Crippen molar-refractivity contribution in [2.45, 2.75) is 96.4 Å². The number of carbonyl (C=O) groups is 1. The largest absolute Gasteiger partial charge is 0.389 e. The van der Waals surface area contributed by atoms with Crippen LogP contribution in [0.3, 0.4) is 0 Å². The summed E-state index contributed by atoms with van der Waals surface area (Å²) < 4.78 is 12.7. The van der Waals surface area contributed by atoms with E-state index in [9.17, 15) is 9.90 Å². The molecule has 0 aromatic carbocycles. The van der Waals surface area contributed by atoms with Crippen LogP contribution in [0.15, 0.2) is 11.1 Å². The maximum absolute atomic E-state index is 12.9. The topological polar surface area (TPSA) is 55.8 Å². The van der Waals surface area contributed by atoms with E-state index in [-0.39, 0.29) is 16.7 Å². The van der Waals surface area contributed by atoms with Crippen LogP contribution in [0.5, 0.6) is 0 Å². The van der Waals surface area contributed by atoms with Crippen LogP contribution in [-0.2, 0) is 14.3 Å². The Hall–Kier alpha value is -0.710. The molecule has 1 N–H and O–H groups in total. The highest BCUT2D eigenvalue weighted by atomic mass is 16.7. The third kappa shape index (κ3) is 2.79. The third-order valence-corrected chi connectivity index (χ3v) is 9.91. The lowest BCUT2D eigenvalue weighted by molar-refractivity contribution is -0.312. The van der Waals surface area contributed by atoms with Gasteiger partial charge in [-0.1, -0.05) is 31.9 Å². The molecule has 6 aliphatic rings. The normalized spacial score (nSPS) is 45.7. The molecule has 4 nitrogen and oxygen atoms in total. The first-order valence-corrected chi connectivity index (χ1v) is 12.4. The van der Waals surface area contributed by atoms with Gasteiger partial charge in [0.15, 0.2) is 5.79 Å². The minimum atomic E-state index is -0.545. The van der Waals surface area contributed by atoms with Crippen LogP contribution in [-0.4, -0.2) is 35.5 Å². The van der Waals surface area contributed by atoms with E-state index in [0.717, 1.165) is 64.6 Å². The zero-order valence-corrected chi connectivity index (χ0v) is 19.0. The number of ether oxygens (including phenoxy) is 2. The average molecular weight is 415 g/mol. The standard InChI is InChI=1S/C26H38O4/c1-23(2)14-29-26(30-15-23)9-8-17-16(12-26)4-5-18-19-6-7-21(27)24(19,3)13-20(22(17)18)25(28)10-11-25/h16,18-20,28H,4-15H2,1-3H3/t16?,18-,19-,20-,24-/m0/s1. The molecule has 5 aliphatic carbocycles. The number of aliphatic hydroxyl groups is 1. The number of allylic oxidation sites excluding steroid dienone is 1. The Bertz CT molecular complexity index is 796. The second-order valence-corrected chi connectivity index (χ2v) is 12.6. The van der Waals surface area contributed by atoms with Crippen LogP contribution >= 0.6 is 0 Å². The molecule has 1 spiro atoms. The van der Waals surface area contributed by atoms with E-state index in [1.54, 1.807) is 11.1 Å². The first kappa shape index (κ1) is 19.9. The Morgan fingerprint density at radius 2 is 1.67 bits per heavy atom. The number of hydrogen-bond acceptors (Lipinski definition) is 4. The van der Waals surface area contributed by atoms with E-state index in [4.69, 9.17) is 9.47 Å².